The maximum atomic E-state index is 12.8. The van der Waals surface area contributed by atoms with Crippen molar-refractivity contribution in [1.29, 1.82) is 0 Å². The van der Waals surface area contributed by atoms with Crippen molar-refractivity contribution in [1.82, 2.24) is 9.88 Å². The Kier molecular flexibility index (Phi) is 6.31. The van der Waals surface area contributed by atoms with Crippen LogP contribution in [-0.2, 0) is 11.3 Å². The van der Waals surface area contributed by atoms with Gasteiger partial charge in [0.1, 0.15) is 11.6 Å². The largest absolute Gasteiger partial charge is 0.378 e. The Morgan fingerprint density at radius 3 is 2.43 bits per heavy atom. The highest BCUT2D eigenvalue weighted by Gasteiger charge is 2.23. The topological polar surface area (TPSA) is 40.9 Å². The van der Waals surface area contributed by atoms with Crippen LogP contribution in [0.4, 0.5) is 5.69 Å². The van der Waals surface area contributed by atoms with E-state index in [4.69, 9.17) is 4.98 Å². The second-order valence-corrected chi connectivity index (χ2v) is 8.63. The second-order valence-electron chi connectivity index (χ2n) is 7.57. The van der Waals surface area contributed by atoms with Gasteiger partial charge in [0.15, 0.2) is 6.54 Å². The maximum Gasteiger partial charge on any atom is 0.278 e. The van der Waals surface area contributed by atoms with E-state index in [0.717, 1.165) is 21.8 Å². The number of thiazole rings is 1. The molecule has 0 spiro atoms. The van der Waals surface area contributed by atoms with Crippen molar-refractivity contribution in [2.24, 2.45) is 0 Å². The molecule has 1 amide bonds. The van der Waals surface area contributed by atoms with Crippen molar-refractivity contribution in [2.75, 3.05) is 39.6 Å². The fourth-order valence-corrected chi connectivity index (χ4v) is 4.22. The van der Waals surface area contributed by atoms with Gasteiger partial charge in [-0.1, -0.05) is 24.3 Å². The van der Waals surface area contributed by atoms with Crippen molar-refractivity contribution in [3.05, 3.63) is 59.1 Å². The summed E-state index contributed by atoms with van der Waals surface area (Å²) < 4.78 is 1.16. The summed E-state index contributed by atoms with van der Waals surface area (Å²) in [7, 11) is 8.01. The lowest BCUT2D eigenvalue weighted by Crippen LogP contribution is -3.08. The van der Waals surface area contributed by atoms with Crippen molar-refractivity contribution < 1.29 is 9.69 Å². The Labute approximate surface area is 171 Å². The summed E-state index contributed by atoms with van der Waals surface area (Å²) >= 11 is 1.66. The van der Waals surface area contributed by atoms with Gasteiger partial charge in [-0.05, 0) is 31.2 Å². The molecular formula is C22H29N4OS+. The molecule has 1 aromatic heterocycles. The zero-order valence-electron chi connectivity index (χ0n) is 17.3. The lowest BCUT2D eigenvalue weighted by Gasteiger charge is -2.24. The average Bonchev–Trinajstić information content (AvgIpc) is 3.11. The molecule has 0 bridgehead atoms. The molecule has 0 fully saturated rings. The minimum atomic E-state index is -0.0305. The van der Waals surface area contributed by atoms with E-state index in [1.807, 2.05) is 51.2 Å². The lowest BCUT2D eigenvalue weighted by atomic mass is 10.2. The first-order valence-corrected chi connectivity index (χ1v) is 10.4. The molecule has 0 saturated carbocycles. The molecular weight excluding hydrogens is 368 g/mol. The van der Waals surface area contributed by atoms with E-state index >= 15 is 0 Å². The summed E-state index contributed by atoms with van der Waals surface area (Å²) in [4.78, 5) is 22.6. The number of rotatable bonds is 7. The van der Waals surface area contributed by atoms with Crippen LogP contribution in [0.15, 0.2) is 48.5 Å². The van der Waals surface area contributed by atoms with Gasteiger partial charge in [-0.15, -0.1) is 11.3 Å². The quantitative estimate of drug-likeness (QED) is 0.666. The Morgan fingerprint density at radius 2 is 1.79 bits per heavy atom. The Hall–Kier alpha value is -2.44. The highest BCUT2D eigenvalue weighted by molar-refractivity contribution is 7.18. The number of aromatic nitrogens is 1. The van der Waals surface area contributed by atoms with Crippen molar-refractivity contribution in [3.63, 3.8) is 0 Å². The molecule has 0 aliphatic heterocycles. The molecule has 0 aliphatic rings. The van der Waals surface area contributed by atoms with E-state index < -0.39 is 0 Å². The summed E-state index contributed by atoms with van der Waals surface area (Å²) in [5.74, 6) is 0.133. The average molecular weight is 398 g/mol. The predicted molar refractivity (Wildman–Crippen MR) is 117 cm³/mol. The van der Waals surface area contributed by atoms with E-state index in [0.29, 0.717) is 6.54 Å². The normalized spacial score (nSPS) is 13.3. The Bertz CT molecular complexity index is 902. The lowest BCUT2D eigenvalue weighted by molar-refractivity contribution is -0.885. The molecule has 5 nitrogen and oxygen atoms in total. The summed E-state index contributed by atoms with van der Waals surface area (Å²) in [6.07, 6.45) is 0. The number of fused-ring (bicyclic) bond motifs is 1. The van der Waals surface area contributed by atoms with Crippen LogP contribution in [-0.4, -0.2) is 50.5 Å². The molecule has 0 aliphatic carbocycles. The van der Waals surface area contributed by atoms with Crippen molar-refractivity contribution in [3.8, 4) is 0 Å². The molecule has 148 valence electrons. The molecule has 1 heterocycles. The molecule has 1 N–H and O–H groups in total. The smallest absolute Gasteiger partial charge is 0.278 e. The van der Waals surface area contributed by atoms with Gasteiger partial charge in [0.2, 0.25) is 0 Å². The first-order chi connectivity index (χ1) is 13.3. The number of hydrogen-bond acceptors (Lipinski definition) is 4. The third-order valence-corrected chi connectivity index (χ3v) is 6.26. The first kappa shape index (κ1) is 20.3. The molecule has 0 radical (unpaired) electrons. The maximum absolute atomic E-state index is 12.8. The van der Waals surface area contributed by atoms with Crippen LogP contribution in [0.3, 0.4) is 0 Å². The third-order valence-electron chi connectivity index (χ3n) is 5.05. The second kappa shape index (κ2) is 8.71. The number of likely N-dealkylation sites (N-methyl/N-ethyl adjacent to an activating group) is 2. The highest BCUT2D eigenvalue weighted by atomic mass is 32.1. The van der Waals surface area contributed by atoms with E-state index in [2.05, 4.69) is 42.3 Å². The van der Waals surface area contributed by atoms with Gasteiger partial charge < -0.3 is 14.7 Å². The number of benzene rings is 2. The fraction of sp³-hybridized carbons (Fsp3) is 0.364. The standard InChI is InChI=1S/C22H28N4OS/c1-16(22-23-19-8-6-7-9-20(19)28-22)26(5)21(27)15-25(4)14-17-10-12-18(13-11-17)24(2)3/h6-13,16H,14-15H2,1-5H3/p+1/t16-/m0/s1. The zero-order valence-corrected chi connectivity index (χ0v) is 18.1. The number of nitrogens with zero attached hydrogens (tertiary/aromatic N) is 3. The van der Waals surface area contributed by atoms with Crippen LogP contribution in [0.1, 0.15) is 23.5 Å². The number of hydrogen-bond donors (Lipinski definition) is 1. The minimum Gasteiger partial charge on any atom is -0.378 e. The first-order valence-electron chi connectivity index (χ1n) is 9.54. The summed E-state index contributed by atoms with van der Waals surface area (Å²) in [6, 6.07) is 16.6. The highest BCUT2D eigenvalue weighted by Crippen LogP contribution is 2.28. The van der Waals surface area contributed by atoms with Crippen LogP contribution in [0.5, 0.6) is 0 Å². The van der Waals surface area contributed by atoms with Gasteiger partial charge in [0.25, 0.3) is 5.91 Å². The summed E-state index contributed by atoms with van der Waals surface area (Å²) in [6.45, 7) is 3.33. The van der Waals surface area contributed by atoms with Crippen LogP contribution >= 0.6 is 11.3 Å². The molecule has 3 rings (SSSR count). The number of para-hydroxylation sites is 1. The molecule has 28 heavy (non-hydrogen) atoms. The fourth-order valence-electron chi connectivity index (χ4n) is 3.16. The number of anilines is 1. The zero-order chi connectivity index (χ0) is 20.3. The monoisotopic (exact) mass is 397 g/mol. The third kappa shape index (κ3) is 4.69. The van der Waals surface area contributed by atoms with Crippen LogP contribution in [0.2, 0.25) is 0 Å². The van der Waals surface area contributed by atoms with Crippen LogP contribution < -0.4 is 9.80 Å². The van der Waals surface area contributed by atoms with Crippen molar-refractivity contribution >= 4 is 33.1 Å². The van der Waals surface area contributed by atoms with Gasteiger partial charge in [0, 0.05) is 32.4 Å². The van der Waals surface area contributed by atoms with E-state index in [-0.39, 0.29) is 11.9 Å². The molecule has 0 saturated heterocycles. The van der Waals surface area contributed by atoms with E-state index in [9.17, 15) is 4.79 Å². The van der Waals surface area contributed by atoms with Gasteiger partial charge in [-0.25, -0.2) is 4.98 Å². The molecule has 2 atom stereocenters. The van der Waals surface area contributed by atoms with Crippen molar-refractivity contribution in [2.45, 2.75) is 19.5 Å². The molecule has 6 heteroatoms. The molecule has 1 unspecified atom stereocenters. The molecule has 2 aromatic carbocycles. The van der Waals surface area contributed by atoms with Gasteiger partial charge in [0.05, 0.1) is 23.3 Å². The van der Waals surface area contributed by atoms with E-state index in [1.54, 1.807) is 11.3 Å². The summed E-state index contributed by atoms with van der Waals surface area (Å²) in [5.41, 5.74) is 3.42. The van der Waals surface area contributed by atoms with Crippen LogP contribution in [0.25, 0.3) is 10.2 Å². The number of nitrogens with one attached hydrogen (secondary N) is 1. The van der Waals surface area contributed by atoms with Gasteiger partial charge in [-0.2, -0.15) is 0 Å². The van der Waals surface area contributed by atoms with Gasteiger partial charge in [-0.3, -0.25) is 4.79 Å². The number of carbonyl (C=O) groups is 1. The number of amides is 1. The number of quaternary nitrogens is 1. The predicted octanol–water partition coefficient (Wildman–Crippen LogP) is 2.60. The Balaban J connectivity index is 1.59. The minimum absolute atomic E-state index is 0.0305. The summed E-state index contributed by atoms with van der Waals surface area (Å²) in [5, 5.41) is 0.981. The Morgan fingerprint density at radius 1 is 1.11 bits per heavy atom. The van der Waals surface area contributed by atoms with Gasteiger partial charge >= 0.3 is 0 Å². The SMILES string of the molecule is C[C@@H](c1nc2ccccc2s1)N(C)C(=O)C[NH+](C)Cc1ccc(N(C)C)cc1. The number of carbonyl (C=O) groups excluding carboxylic acids is 1. The molecule has 3 aromatic rings. The van der Waals surface area contributed by atoms with E-state index in [1.165, 1.54) is 16.2 Å². The van der Waals surface area contributed by atoms with Crippen LogP contribution in [0, 0.1) is 0 Å².